The van der Waals surface area contributed by atoms with Gasteiger partial charge in [-0.15, -0.1) is 11.3 Å². The molecule has 0 spiro atoms. The number of pyridine rings is 1. The fraction of sp³-hybridized carbons (Fsp3) is 0.312. The topological polar surface area (TPSA) is 62.3 Å². The molecule has 0 bridgehead atoms. The molecule has 1 aliphatic rings. The number of aromatic nitrogens is 1. The van der Waals surface area contributed by atoms with Gasteiger partial charge in [-0.25, -0.2) is 0 Å². The normalized spacial score (nSPS) is 17.7. The van der Waals surface area contributed by atoms with Crippen LogP contribution in [0.15, 0.2) is 41.9 Å². The Balaban J connectivity index is 1.61. The molecule has 0 saturated carbocycles. The smallest absolute Gasteiger partial charge is 0.243 e. The van der Waals surface area contributed by atoms with Crippen LogP contribution in [0.25, 0.3) is 0 Å². The average Bonchev–Trinajstić information content (AvgIpc) is 3.17. The zero-order valence-corrected chi connectivity index (χ0v) is 12.9. The van der Waals surface area contributed by atoms with Crippen LogP contribution >= 0.6 is 11.3 Å². The number of nitrogens with one attached hydrogen (secondary N) is 1. The van der Waals surface area contributed by atoms with Gasteiger partial charge in [-0.1, -0.05) is 12.1 Å². The van der Waals surface area contributed by atoms with Crippen molar-refractivity contribution in [3.05, 3.63) is 52.5 Å². The van der Waals surface area contributed by atoms with Gasteiger partial charge >= 0.3 is 0 Å². The molecule has 1 saturated heterocycles. The standard InChI is InChI=1S/C16H17N3O2S/c20-15-7-6-14(19(15)11-13-5-3-9-22-13)16(21)18-10-12-4-1-2-8-17-12/h1-5,8-9,14H,6-7,10-11H2,(H,18,21)/t14-/m0/s1. The first-order chi connectivity index (χ1) is 10.7. The van der Waals surface area contributed by atoms with E-state index in [2.05, 4.69) is 10.3 Å². The third-order valence-corrected chi connectivity index (χ3v) is 4.57. The first-order valence-corrected chi connectivity index (χ1v) is 8.11. The Bertz CT molecular complexity index is 643. The zero-order valence-electron chi connectivity index (χ0n) is 12.1. The SMILES string of the molecule is O=C(NCc1ccccn1)[C@@H]1CCC(=O)N1Cc1cccs1. The van der Waals surface area contributed by atoms with Gasteiger partial charge in [-0.2, -0.15) is 0 Å². The molecular weight excluding hydrogens is 298 g/mol. The van der Waals surface area contributed by atoms with Crippen molar-refractivity contribution in [3.8, 4) is 0 Å². The second-order valence-corrected chi connectivity index (χ2v) is 6.23. The maximum absolute atomic E-state index is 12.4. The number of thiophene rings is 1. The van der Waals surface area contributed by atoms with E-state index in [1.165, 1.54) is 0 Å². The fourth-order valence-corrected chi connectivity index (χ4v) is 3.28. The average molecular weight is 315 g/mol. The minimum atomic E-state index is -0.377. The molecule has 0 radical (unpaired) electrons. The Hall–Kier alpha value is -2.21. The molecule has 1 aliphatic heterocycles. The van der Waals surface area contributed by atoms with E-state index in [-0.39, 0.29) is 17.9 Å². The summed E-state index contributed by atoms with van der Waals surface area (Å²) in [6.45, 7) is 0.898. The summed E-state index contributed by atoms with van der Waals surface area (Å²) in [5.74, 6) is -0.0561. The summed E-state index contributed by atoms with van der Waals surface area (Å²) in [7, 11) is 0. The first-order valence-electron chi connectivity index (χ1n) is 7.23. The molecule has 3 heterocycles. The predicted molar refractivity (Wildman–Crippen MR) is 84.0 cm³/mol. The number of likely N-dealkylation sites (tertiary alicyclic amines) is 1. The highest BCUT2D eigenvalue weighted by Crippen LogP contribution is 2.23. The number of rotatable bonds is 5. The molecule has 2 aromatic heterocycles. The van der Waals surface area contributed by atoms with E-state index >= 15 is 0 Å². The molecule has 6 heteroatoms. The minimum absolute atomic E-state index is 0.0476. The number of carbonyl (C=O) groups excluding carboxylic acids is 2. The van der Waals surface area contributed by atoms with E-state index in [1.54, 1.807) is 22.4 Å². The molecule has 0 unspecified atom stereocenters. The molecule has 0 aromatic carbocycles. The van der Waals surface area contributed by atoms with Crippen LogP contribution in [0.2, 0.25) is 0 Å². The van der Waals surface area contributed by atoms with E-state index in [4.69, 9.17) is 0 Å². The summed E-state index contributed by atoms with van der Waals surface area (Å²) in [6.07, 6.45) is 2.72. The van der Waals surface area contributed by atoms with Crippen molar-refractivity contribution < 1.29 is 9.59 Å². The molecule has 22 heavy (non-hydrogen) atoms. The van der Waals surface area contributed by atoms with E-state index in [0.717, 1.165) is 10.6 Å². The highest BCUT2D eigenvalue weighted by atomic mass is 32.1. The molecule has 1 N–H and O–H groups in total. The third-order valence-electron chi connectivity index (χ3n) is 3.71. The number of carbonyl (C=O) groups is 2. The highest BCUT2D eigenvalue weighted by molar-refractivity contribution is 7.09. The Kier molecular flexibility index (Phi) is 4.48. The number of hydrogen-bond acceptors (Lipinski definition) is 4. The van der Waals surface area contributed by atoms with Gasteiger partial charge in [0.05, 0.1) is 18.8 Å². The maximum Gasteiger partial charge on any atom is 0.243 e. The van der Waals surface area contributed by atoms with E-state index in [0.29, 0.717) is 25.9 Å². The highest BCUT2D eigenvalue weighted by Gasteiger charge is 2.35. The van der Waals surface area contributed by atoms with Gasteiger partial charge in [0.2, 0.25) is 11.8 Å². The number of nitrogens with zero attached hydrogens (tertiary/aromatic N) is 2. The van der Waals surface area contributed by atoms with Gasteiger partial charge in [0.1, 0.15) is 6.04 Å². The molecular formula is C16H17N3O2S. The molecule has 2 amide bonds. The number of hydrogen-bond donors (Lipinski definition) is 1. The van der Waals surface area contributed by atoms with Gasteiger partial charge in [-0.05, 0) is 30.0 Å². The summed E-state index contributed by atoms with van der Waals surface area (Å²) >= 11 is 1.60. The van der Waals surface area contributed by atoms with E-state index < -0.39 is 0 Å². The lowest BCUT2D eigenvalue weighted by Gasteiger charge is -2.23. The summed E-state index contributed by atoms with van der Waals surface area (Å²) in [5, 5.41) is 4.86. The second kappa shape index (κ2) is 6.70. The summed E-state index contributed by atoms with van der Waals surface area (Å²) in [5.41, 5.74) is 0.810. The Morgan fingerprint density at radius 3 is 3.00 bits per heavy atom. The maximum atomic E-state index is 12.4. The fourth-order valence-electron chi connectivity index (χ4n) is 2.57. The van der Waals surface area contributed by atoms with Crippen molar-refractivity contribution in [3.63, 3.8) is 0 Å². The zero-order chi connectivity index (χ0) is 15.4. The van der Waals surface area contributed by atoms with Crippen LogP contribution in [0.3, 0.4) is 0 Å². The Labute approximate surface area is 133 Å². The summed E-state index contributed by atoms with van der Waals surface area (Å²) < 4.78 is 0. The predicted octanol–water partition coefficient (Wildman–Crippen LogP) is 1.95. The van der Waals surface area contributed by atoms with Crippen molar-refractivity contribution in [1.29, 1.82) is 0 Å². The Morgan fingerprint density at radius 1 is 1.36 bits per heavy atom. The molecule has 1 atom stereocenters. The monoisotopic (exact) mass is 315 g/mol. The van der Waals surface area contributed by atoms with Crippen LogP contribution in [0, 0.1) is 0 Å². The number of amides is 2. The lowest BCUT2D eigenvalue weighted by Crippen LogP contribution is -2.44. The lowest BCUT2D eigenvalue weighted by molar-refractivity contribution is -0.135. The largest absolute Gasteiger partial charge is 0.349 e. The van der Waals surface area contributed by atoms with Gasteiger partial charge in [0.15, 0.2) is 0 Å². The van der Waals surface area contributed by atoms with Crippen molar-refractivity contribution >= 4 is 23.2 Å². The van der Waals surface area contributed by atoms with Crippen molar-refractivity contribution in [2.75, 3.05) is 0 Å². The third kappa shape index (κ3) is 3.33. The second-order valence-electron chi connectivity index (χ2n) is 5.19. The summed E-state index contributed by atoms with van der Waals surface area (Å²) in [6, 6.07) is 9.15. The molecule has 1 fully saturated rings. The van der Waals surface area contributed by atoms with Crippen LogP contribution in [-0.2, 0) is 22.7 Å². The van der Waals surface area contributed by atoms with E-state index in [1.807, 2.05) is 35.7 Å². The van der Waals surface area contributed by atoms with Crippen LogP contribution in [0.5, 0.6) is 0 Å². The van der Waals surface area contributed by atoms with Crippen LogP contribution in [0.1, 0.15) is 23.4 Å². The quantitative estimate of drug-likeness (QED) is 0.917. The molecule has 3 rings (SSSR count). The van der Waals surface area contributed by atoms with Crippen molar-refractivity contribution in [2.24, 2.45) is 0 Å². The van der Waals surface area contributed by atoms with Crippen LogP contribution in [-0.4, -0.2) is 27.7 Å². The molecule has 114 valence electrons. The first kappa shape index (κ1) is 14.7. The van der Waals surface area contributed by atoms with Gasteiger partial charge in [0.25, 0.3) is 0 Å². The van der Waals surface area contributed by atoms with Crippen molar-refractivity contribution in [2.45, 2.75) is 32.0 Å². The molecule has 0 aliphatic carbocycles. The lowest BCUT2D eigenvalue weighted by atomic mass is 10.2. The summed E-state index contributed by atoms with van der Waals surface area (Å²) in [4.78, 5) is 31.4. The van der Waals surface area contributed by atoms with Crippen molar-refractivity contribution in [1.82, 2.24) is 15.2 Å². The van der Waals surface area contributed by atoms with Gasteiger partial charge in [0, 0.05) is 17.5 Å². The van der Waals surface area contributed by atoms with E-state index in [9.17, 15) is 9.59 Å². The van der Waals surface area contributed by atoms with Gasteiger partial charge < -0.3 is 10.2 Å². The van der Waals surface area contributed by atoms with Gasteiger partial charge in [-0.3, -0.25) is 14.6 Å². The van der Waals surface area contributed by atoms with Crippen LogP contribution < -0.4 is 5.32 Å². The Morgan fingerprint density at radius 2 is 2.27 bits per heavy atom. The molecule has 2 aromatic rings. The minimum Gasteiger partial charge on any atom is -0.349 e. The molecule has 5 nitrogen and oxygen atoms in total. The van der Waals surface area contributed by atoms with Crippen LogP contribution in [0.4, 0.5) is 0 Å².